The van der Waals surface area contributed by atoms with Gasteiger partial charge in [0.05, 0.1) is 0 Å². The Morgan fingerprint density at radius 2 is 1.89 bits per heavy atom. The van der Waals surface area contributed by atoms with Crippen molar-refractivity contribution in [3.8, 4) is 5.75 Å². The Morgan fingerprint density at radius 1 is 1.28 bits per heavy atom. The highest BCUT2D eigenvalue weighted by molar-refractivity contribution is 5.91. The zero-order valence-corrected chi connectivity index (χ0v) is 9.58. The molecule has 4 nitrogen and oxygen atoms in total. The molecule has 0 radical (unpaired) electrons. The minimum absolute atomic E-state index is 0.0806. The van der Waals surface area contributed by atoms with E-state index in [0.717, 1.165) is 0 Å². The lowest BCUT2D eigenvalue weighted by atomic mass is 10.3. The summed E-state index contributed by atoms with van der Waals surface area (Å²) in [6.07, 6.45) is -4.37. The van der Waals surface area contributed by atoms with Gasteiger partial charge < -0.3 is 14.8 Å². The van der Waals surface area contributed by atoms with Crippen LogP contribution in [-0.2, 0) is 9.53 Å². The van der Waals surface area contributed by atoms with Crippen molar-refractivity contribution in [3.05, 3.63) is 24.3 Å². The molecule has 0 aliphatic heterocycles. The minimum atomic E-state index is -4.37. The standard InChI is InChI=1S/C11H12F3NO3/c1-17-6-10(16)15-8-2-4-9(5-3-8)18-7-11(12,13)14/h2-5H,6-7H2,1H3,(H,15,16). The van der Waals surface area contributed by atoms with Crippen molar-refractivity contribution in [1.82, 2.24) is 0 Å². The maximum Gasteiger partial charge on any atom is 0.422 e. The summed E-state index contributed by atoms with van der Waals surface area (Å²) >= 11 is 0. The second-order valence-corrected chi connectivity index (χ2v) is 3.41. The van der Waals surface area contributed by atoms with E-state index in [2.05, 4.69) is 14.8 Å². The highest BCUT2D eigenvalue weighted by Gasteiger charge is 2.28. The van der Waals surface area contributed by atoms with Crippen LogP contribution in [-0.4, -0.2) is 32.4 Å². The predicted octanol–water partition coefficient (Wildman–Crippen LogP) is 2.21. The molecule has 0 saturated carbocycles. The summed E-state index contributed by atoms with van der Waals surface area (Å²) in [5, 5.41) is 2.50. The molecule has 0 fully saturated rings. The van der Waals surface area contributed by atoms with E-state index in [-0.39, 0.29) is 18.3 Å². The van der Waals surface area contributed by atoms with Gasteiger partial charge in [0.1, 0.15) is 12.4 Å². The summed E-state index contributed by atoms with van der Waals surface area (Å²) in [4.78, 5) is 11.1. The average molecular weight is 263 g/mol. The van der Waals surface area contributed by atoms with Gasteiger partial charge in [0.2, 0.25) is 5.91 Å². The Morgan fingerprint density at radius 3 is 2.39 bits per heavy atom. The molecule has 0 spiro atoms. The van der Waals surface area contributed by atoms with Crippen molar-refractivity contribution in [2.75, 3.05) is 25.6 Å². The van der Waals surface area contributed by atoms with Gasteiger partial charge in [-0.3, -0.25) is 4.79 Å². The molecule has 0 saturated heterocycles. The van der Waals surface area contributed by atoms with Crippen LogP contribution < -0.4 is 10.1 Å². The van der Waals surface area contributed by atoms with E-state index in [1.165, 1.54) is 31.4 Å². The van der Waals surface area contributed by atoms with E-state index in [4.69, 9.17) is 0 Å². The van der Waals surface area contributed by atoms with Gasteiger partial charge in [-0.2, -0.15) is 13.2 Å². The molecule has 0 unspecified atom stereocenters. The smallest absolute Gasteiger partial charge is 0.422 e. The molecule has 0 aliphatic rings. The van der Waals surface area contributed by atoms with Crippen LogP contribution in [0.5, 0.6) is 5.75 Å². The van der Waals surface area contributed by atoms with Gasteiger partial charge in [-0.25, -0.2) is 0 Å². The van der Waals surface area contributed by atoms with Crippen LogP contribution in [0.1, 0.15) is 0 Å². The third-order valence-electron chi connectivity index (χ3n) is 1.82. The van der Waals surface area contributed by atoms with Crippen LogP contribution in [0.3, 0.4) is 0 Å². The summed E-state index contributed by atoms with van der Waals surface area (Å²) in [7, 11) is 1.38. The number of anilines is 1. The average Bonchev–Trinajstić information content (AvgIpc) is 2.27. The van der Waals surface area contributed by atoms with Crippen LogP contribution >= 0.6 is 0 Å². The molecule has 18 heavy (non-hydrogen) atoms. The highest BCUT2D eigenvalue weighted by atomic mass is 19.4. The molecule has 1 N–H and O–H groups in total. The minimum Gasteiger partial charge on any atom is -0.484 e. The van der Waals surface area contributed by atoms with E-state index in [9.17, 15) is 18.0 Å². The van der Waals surface area contributed by atoms with E-state index in [1.807, 2.05) is 0 Å². The lowest BCUT2D eigenvalue weighted by molar-refractivity contribution is -0.153. The number of amides is 1. The predicted molar refractivity (Wildman–Crippen MR) is 58.5 cm³/mol. The lowest BCUT2D eigenvalue weighted by Crippen LogP contribution is -2.19. The largest absolute Gasteiger partial charge is 0.484 e. The second kappa shape index (κ2) is 6.25. The Hall–Kier alpha value is -1.76. The Bertz CT molecular complexity index is 390. The number of alkyl halides is 3. The molecule has 0 bridgehead atoms. The van der Waals surface area contributed by atoms with Crippen molar-refractivity contribution in [1.29, 1.82) is 0 Å². The molecule has 1 aromatic carbocycles. The van der Waals surface area contributed by atoms with Crippen LogP contribution in [0.4, 0.5) is 18.9 Å². The summed E-state index contributed by atoms with van der Waals surface area (Å²) in [5.74, 6) is -0.265. The van der Waals surface area contributed by atoms with Crippen molar-refractivity contribution in [2.24, 2.45) is 0 Å². The molecule has 0 aromatic heterocycles. The molecule has 1 rings (SSSR count). The molecule has 0 aliphatic carbocycles. The number of methoxy groups -OCH3 is 1. The zero-order valence-electron chi connectivity index (χ0n) is 9.58. The molecule has 7 heteroatoms. The fraction of sp³-hybridized carbons (Fsp3) is 0.364. The van der Waals surface area contributed by atoms with Crippen molar-refractivity contribution < 1.29 is 27.4 Å². The topological polar surface area (TPSA) is 47.6 Å². The first-order chi connectivity index (χ1) is 8.40. The van der Waals surface area contributed by atoms with Gasteiger partial charge in [0, 0.05) is 12.8 Å². The zero-order chi connectivity index (χ0) is 13.6. The van der Waals surface area contributed by atoms with Crippen molar-refractivity contribution in [3.63, 3.8) is 0 Å². The number of carbonyl (C=O) groups excluding carboxylic acids is 1. The number of halogens is 3. The molecule has 0 atom stereocenters. The van der Waals surface area contributed by atoms with Crippen LogP contribution in [0.25, 0.3) is 0 Å². The van der Waals surface area contributed by atoms with Crippen LogP contribution in [0, 0.1) is 0 Å². The number of benzene rings is 1. The van der Waals surface area contributed by atoms with Crippen molar-refractivity contribution >= 4 is 11.6 Å². The van der Waals surface area contributed by atoms with E-state index < -0.39 is 12.8 Å². The summed E-state index contributed by atoms with van der Waals surface area (Å²) < 4.78 is 44.8. The number of hydrogen-bond acceptors (Lipinski definition) is 3. The number of nitrogens with one attached hydrogen (secondary N) is 1. The molecular weight excluding hydrogens is 251 g/mol. The fourth-order valence-corrected chi connectivity index (χ4v) is 1.13. The third-order valence-corrected chi connectivity index (χ3v) is 1.82. The molecule has 1 amide bonds. The van der Waals surface area contributed by atoms with Gasteiger partial charge in [0.15, 0.2) is 6.61 Å². The van der Waals surface area contributed by atoms with Gasteiger partial charge in [-0.15, -0.1) is 0 Å². The normalized spacial score (nSPS) is 11.1. The van der Waals surface area contributed by atoms with E-state index >= 15 is 0 Å². The van der Waals surface area contributed by atoms with Crippen LogP contribution in [0.15, 0.2) is 24.3 Å². The molecule has 0 heterocycles. The van der Waals surface area contributed by atoms with Gasteiger partial charge in [-0.05, 0) is 24.3 Å². The van der Waals surface area contributed by atoms with Crippen molar-refractivity contribution in [2.45, 2.75) is 6.18 Å². The SMILES string of the molecule is COCC(=O)Nc1ccc(OCC(F)(F)F)cc1. The molecular formula is C11H12F3NO3. The Kier molecular flexibility index (Phi) is 4.96. The van der Waals surface area contributed by atoms with E-state index in [0.29, 0.717) is 5.69 Å². The maximum atomic E-state index is 11.9. The number of carbonyl (C=O) groups is 1. The first-order valence-electron chi connectivity index (χ1n) is 4.99. The van der Waals surface area contributed by atoms with Gasteiger partial charge in [-0.1, -0.05) is 0 Å². The first kappa shape index (κ1) is 14.3. The van der Waals surface area contributed by atoms with Crippen LogP contribution in [0.2, 0.25) is 0 Å². The number of ether oxygens (including phenoxy) is 2. The fourth-order valence-electron chi connectivity index (χ4n) is 1.13. The third kappa shape index (κ3) is 5.53. The quantitative estimate of drug-likeness (QED) is 0.886. The Balaban J connectivity index is 2.50. The number of hydrogen-bond donors (Lipinski definition) is 1. The van der Waals surface area contributed by atoms with Gasteiger partial charge >= 0.3 is 6.18 Å². The monoisotopic (exact) mass is 263 g/mol. The number of rotatable bonds is 5. The Labute approximate surface area is 102 Å². The second-order valence-electron chi connectivity index (χ2n) is 3.41. The molecule has 1 aromatic rings. The first-order valence-corrected chi connectivity index (χ1v) is 4.99. The summed E-state index contributed by atoms with van der Waals surface area (Å²) in [6, 6.07) is 5.57. The highest BCUT2D eigenvalue weighted by Crippen LogP contribution is 2.20. The lowest BCUT2D eigenvalue weighted by Gasteiger charge is -2.10. The maximum absolute atomic E-state index is 11.9. The summed E-state index contributed by atoms with van der Waals surface area (Å²) in [5.41, 5.74) is 0.455. The van der Waals surface area contributed by atoms with Gasteiger partial charge in [0.25, 0.3) is 0 Å². The molecule has 100 valence electrons. The summed E-state index contributed by atoms with van der Waals surface area (Å²) in [6.45, 7) is -1.44. The van der Waals surface area contributed by atoms with E-state index in [1.54, 1.807) is 0 Å².